The van der Waals surface area contributed by atoms with E-state index in [1.165, 1.54) is 4.52 Å². The molecule has 1 aliphatic rings. The first-order valence-corrected chi connectivity index (χ1v) is 13.8. The molecule has 0 bridgehead atoms. The number of carbonyl (C=O) groups excluding carboxylic acids is 1. The Hall–Kier alpha value is -4.65. The first-order chi connectivity index (χ1) is 20.1. The smallest absolute Gasteiger partial charge is 0.247 e. The van der Waals surface area contributed by atoms with Crippen LogP contribution >= 0.6 is 0 Å². The van der Waals surface area contributed by atoms with Crippen LogP contribution < -0.4 is 15.4 Å². The second-order valence-electron chi connectivity index (χ2n) is 9.90. The summed E-state index contributed by atoms with van der Waals surface area (Å²) in [6.07, 6.45) is 4.67. The molecule has 0 saturated carbocycles. The van der Waals surface area contributed by atoms with Gasteiger partial charge in [0.1, 0.15) is 18.4 Å². The molecule has 1 unspecified atom stereocenters. The van der Waals surface area contributed by atoms with Gasteiger partial charge in [0.25, 0.3) is 0 Å². The van der Waals surface area contributed by atoms with Crippen LogP contribution in [-0.4, -0.2) is 86.7 Å². The van der Waals surface area contributed by atoms with E-state index < -0.39 is 6.04 Å². The summed E-state index contributed by atoms with van der Waals surface area (Å²) >= 11 is 0. The summed E-state index contributed by atoms with van der Waals surface area (Å²) in [4.78, 5) is 27.3. The van der Waals surface area contributed by atoms with Crippen molar-refractivity contribution in [2.24, 2.45) is 0 Å². The highest BCUT2D eigenvalue weighted by Gasteiger charge is 2.31. The number of fused-ring (bicyclic) bond motifs is 3. The van der Waals surface area contributed by atoms with Gasteiger partial charge >= 0.3 is 0 Å². The Morgan fingerprint density at radius 1 is 1.07 bits per heavy atom. The Balaban J connectivity index is 1.19. The number of amides is 1. The van der Waals surface area contributed by atoms with Crippen LogP contribution in [0, 0.1) is 0 Å². The van der Waals surface area contributed by atoms with Gasteiger partial charge in [0.2, 0.25) is 17.7 Å². The molecule has 1 fully saturated rings. The second-order valence-corrected chi connectivity index (χ2v) is 9.90. The number of hydrogen-bond donors (Lipinski definition) is 1. The third kappa shape index (κ3) is 5.15. The van der Waals surface area contributed by atoms with Gasteiger partial charge in [0.05, 0.1) is 24.5 Å². The average Bonchev–Trinajstić information content (AvgIpc) is 3.77. The number of nitrogens with two attached hydrogens (primary N) is 1. The van der Waals surface area contributed by atoms with Crippen LogP contribution in [0.15, 0.2) is 53.3 Å². The zero-order valence-electron chi connectivity index (χ0n) is 23.1. The summed E-state index contributed by atoms with van der Waals surface area (Å²) in [5.41, 5.74) is 8.40. The summed E-state index contributed by atoms with van der Waals surface area (Å²) < 4.78 is 19.3. The zero-order valence-corrected chi connectivity index (χ0v) is 23.1. The summed E-state index contributed by atoms with van der Waals surface area (Å²) in [6, 6.07) is 11.1. The van der Waals surface area contributed by atoms with E-state index in [-0.39, 0.29) is 11.9 Å². The molecule has 41 heavy (non-hydrogen) atoms. The van der Waals surface area contributed by atoms with E-state index in [1.807, 2.05) is 29.2 Å². The molecule has 5 aromatic rings. The zero-order chi connectivity index (χ0) is 28.3. The third-order valence-corrected chi connectivity index (χ3v) is 7.29. The van der Waals surface area contributed by atoms with E-state index in [1.54, 1.807) is 36.4 Å². The van der Waals surface area contributed by atoms with Crippen molar-refractivity contribution in [1.82, 2.24) is 34.3 Å². The number of anilines is 2. The SMILES string of the molecule is CCCC(C(=O)N1CCN(c2ccc(OCCOC)cc2)CC1)n1ncc2c1nc(N)n1nc(-c3ccco3)nc21. The van der Waals surface area contributed by atoms with Crippen molar-refractivity contribution < 1.29 is 18.7 Å². The summed E-state index contributed by atoms with van der Waals surface area (Å²) in [5.74, 6) is 1.92. The topological polar surface area (TPSA) is 142 Å². The van der Waals surface area contributed by atoms with Crippen molar-refractivity contribution in [2.45, 2.75) is 25.8 Å². The van der Waals surface area contributed by atoms with Gasteiger partial charge < -0.3 is 29.4 Å². The van der Waals surface area contributed by atoms with Gasteiger partial charge in [0, 0.05) is 39.0 Å². The largest absolute Gasteiger partial charge is 0.491 e. The van der Waals surface area contributed by atoms with Crippen LogP contribution in [0.5, 0.6) is 5.75 Å². The van der Waals surface area contributed by atoms with Crippen molar-refractivity contribution in [3.63, 3.8) is 0 Å². The number of rotatable bonds is 10. The van der Waals surface area contributed by atoms with E-state index in [9.17, 15) is 4.79 Å². The van der Waals surface area contributed by atoms with Gasteiger partial charge in [-0.25, -0.2) is 9.67 Å². The average molecular weight is 560 g/mol. The number of ether oxygens (including phenoxy) is 2. The van der Waals surface area contributed by atoms with Crippen LogP contribution in [0.1, 0.15) is 25.8 Å². The molecule has 0 radical (unpaired) electrons. The number of piperazine rings is 1. The Kier molecular flexibility index (Phi) is 7.42. The van der Waals surface area contributed by atoms with Gasteiger partial charge in [-0.3, -0.25) is 4.79 Å². The van der Waals surface area contributed by atoms with Gasteiger partial charge in [0.15, 0.2) is 17.1 Å². The Morgan fingerprint density at radius 2 is 1.88 bits per heavy atom. The van der Waals surface area contributed by atoms with Gasteiger partial charge in [-0.2, -0.15) is 14.6 Å². The maximum atomic E-state index is 13.9. The van der Waals surface area contributed by atoms with Crippen molar-refractivity contribution in [1.29, 1.82) is 0 Å². The van der Waals surface area contributed by atoms with Crippen molar-refractivity contribution >= 4 is 34.2 Å². The lowest BCUT2D eigenvalue weighted by Gasteiger charge is -2.37. The third-order valence-electron chi connectivity index (χ3n) is 7.29. The van der Waals surface area contributed by atoms with Gasteiger partial charge in [-0.15, -0.1) is 5.10 Å². The molecule has 13 heteroatoms. The number of methoxy groups -OCH3 is 1. The Morgan fingerprint density at radius 3 is 2.59 bits per heavy atom. The van der Waals surface area contributed by atoms with Crippen LogP contribution in [0.25, 0.3) is 28.3 Å². The first-order valence-electron chi connectivity index (χ1n) is 13.8. The highest BCUT2D eigenvalue weighted by atomic mass is 16.5. The molecule has 0 aliphatic carbocycles. The minimum Gasteiger partial charge on any atom is -0.491 e. The lowest BCUT2D eigenvalue weighted by atomic mass is 10.1. The van der Waals surface area contributed by atoms with E-state index in [4.69, 9.17) is 19.6 Å². The number of benzene rings is 1. The molecule has 6 rings (SSSR count). The predicted octanol–water partition coefficient (Wildman–Crippen LogP) is 3.03. The fourth-order valence-electron chi connectivity index (χ4n) is 5.18. The quantitative estimate of drug-likeness (QED) is 0.254. The minimum atomic E-state index is -0.505. The molecule has 5 heterocycles. The number of carbonyl (C=O) groups is 1. The standard InChI is InChI=1S/C28H33N9O4/c1-3-5-22(27(38)35-13-11-34(12-14-35)19-7-9-20(10-8-19)40-17-16-39-2)36-26-21(18-30-36)25-31-24(23-6-4-15-41-23)33-37(25)28(29)32-26/h4,6-10,15,18,22H,3,5,11-14,16-17H2,1-2H3,(H2,29,32). The van der Waals surface area contributed by atoms with E-state index in [0.717, 1.165) is 30.9 Å². The first kappa shape index (κ1) is 26.6. The van der Waals surface area contributed by atoms with Gasteiger partial charge in [-0.1, -0.05) is 13.3 Å². The lowest BCUT2D eigenvalue weighted by molar-refractivity contribution is -0.135. The lowest BCUT2D eigenvalue weighted by Crippen LogP contribution is -2.50. The van der Waals surface area contributed by atoms with Crippen molar-refractivity contribution in [3.05, 3.63) is 48.9 Å². The van der Waals surface area contributed by atoms with Crippen LogP contribution in [0.4, 0.5) is 11.6 Å². The number of nitrogens with zero attached hydrogens (tertiary/aromatic N) is 8. The molecule has 1 aliphatic heterocycles. The maximum Gasteiger partial charge on any atom is 0.247 e. The summed E-state index contributed by atoms with van der Waals surface area (Å²) in [7, 11) is 1.65. The number of aromatic nitrogens is 6. The monoisotopic (exact) mass is 559 g/mol. The number of nitrogen functional groups attached to an aromatic ring is 1. The highest BCUT2D eigenvalue weighted by molar-refractivity contribution is 5.92. The minimum absolute atomic E-state index is 0.0244. The fraction of sp³-hybridized carbons (Fsp3) is 0.393. The molecule has 4 aromatic heterocycles. The number of hydrogen-bond acceptors (Lipinski definition) is 10. The van der Waals surface area contributed by atoms with E-state index >= 15 is 0 Å². The molecule has 1 amide bonds. The summed E-state index contributed by atoms with van der Waals surface area (Å²) in [6.45, 7) is 5.80. The Bertz CT molecular complexity index is 1620. The molecular formula is C28H33N9O4. The van der Waals surface area contributed by atoms with Gasteiger partial charge in [-0.05, 0) is 42.8 Å². The van der Waals surface area contributed by atoms with Crippen LogP contribution in [0.2, 0.25) is 0 Å². The predicted molar refractivity (Wildman–Crippen MR) is 153 cm³/mol. The molecular weight excluding hydrogens is 526 g/mol. The van der Waals surface area contributed by atoms with Crippen LogP contribution in [0.3, 0.4) is 0 Å². The second kappa shape index (κ2) is 11.5. The molecule has 1 atom stereocenters. The molecule has 214 valence electrons. The Labute approximate surface area is 236 Å². The van der Waals surface area contributed by atoms with Crippen molar-refractivity contribution in [3.8, 4) is 17.3 Å². The summed E-state index contributed by atoms with van der Waals surface area (Å²) in [5, 5.41) is 9.72. The van der Waals surface area contributed by atoms with E-state index in [2.05, 4.69) is 32.0 Å². The molecule has 1 aromatic carbocycles. The van der Waals surface area contributed by atoms with E-state index in [0.29, 0.717) is 61.0 Å². The number of furan rings is 1. The molecule has 0 spiro atoms. The highest BCUT2D eigenvalue weighted by Crippen LogP contribution is 2.28. The molecule has 13 nitrogen and oxygen atoms in total. The maximum absolute atomic E-state index is 13.9. The molecule has 1 saturated heterocycles. The normalized spacial score (nSPS) is 14.7. The molecule has 2 N–H and O–H groups in total. The van der Waals surface area contributed by atoms with Crippen LogP contribution in [-0.2, 0) is 9.53 Å². The van der Waals surface area contributed by atoms with Crippen molar-refractivity contribution in [2.75, 3.05) is 57.1 Å². The fourth-order valence-corrected chi connectivity index (χ4v) is 5.18.